The van der Waals surface area contributed by atoms with E-state index in [2.05, 4.69) is 15.1 Å². The highest BCUT2D eigenvalue weighted by Crippen LogP contribution is 2.30. The first-order chi connectivity index (χ1) is 14.7. The van der Waals surface area contributed by atoms with Crippen LogP contribution in [0.15, 0.2) is 16.9 Å². The molecule has 2 atom stereocenters. The third-order valence-corrected chi connectivity index (χ3v) is 4.86. The zero-order valence-electron chi connectivity index (χ0n) is 18.6. The third kappa shape index (κ3) is 5.80. The Morgan fingerprint density at radius 1 is 1.19 bits per heavy atom. The van der Waals surface area contributed by atoms with E-state index in [1.54, 1.807) is 34.6 Å². The minimum Gasteiger partial charge on any atom is -0.473 e. The van der Waals surface area contributed by atoms with Gasteiger partial charge in [-0.25, -0.2) is 14.8 Å². The molecule has 31 heavy (non-hydrogen) atoms. The molecular weight excluding hydrogens is 402 g/mol. The smallest absolute Gasteiger partial charge is 0.344 e. The predicted octanol–water partition coefficient (Wildman–Crippen LogP) is 3.90. The summed E-state index contributed by atoms with van der Waals surface area (Å²) in [5.74, 6) is -0.318. The molecular formula is C22H29N3O6. The molecule has 1 fully saturated rings. The van der Waals surface area contributed by atoms with E-state index in [0.29, 0.717) is 30.3 Å². The summed E-state index contributed by atoms with van der Waals surface area (Å²) in [6.07, 6.45) is 5.93. The number of esters is 2. The average molecular weight is 431 g/mol. The minimum absolute atomic E-state index is 0.131. The zero-order chi connectivity index (χ0) is 22.6. The van der Waals surface area contributed by atoms with E-state index in [9.17, 15) is 9.59 Å². The number of nitrogens with zero attached hydrogens (tertiary/aromatic N) is 3. The van der Waals surface area contributed by atoms with Crippen molar-refractivity contribution in [3.63, 3.8) is 0 Å². The van der Waals surface area contributed by atoms with Crippen molar-refractivity contribution in [3.8, 4) is 17.3 Å². The zero-order valence-corrected chi connectivity index (χ0v) is 18.6. The van der Waals surface area contributed by atoms with E-state index >= 15 is 0 Å². The van der Waals surface area contributed by atoms with E-state index < -0.39 is 11.6 Å². The van der Waals surface area contributed by atoms with Crippen molar-refractivity contribution < 1.29 is 28.3 Å². The number of hydrogen-bond donors (Lipinski definition) is 0. The van der Waals surface area contributed by atoms with Crippen LogP contribution in [0.1, 0.15) is 69.4 Å². The van der Waals surface area contributed by atoms with Crippen molar-refractivity contribution in [2.24, 2.45) is 5.92 Å². The van der Waals surface area contributed by atoms with Crippen molar-refractivity contribution in [2.75, 3.05) is 6.61 Å². The van der Waals surface area contributed by atoms with Gasteiger partial charge in [0.2, 0.25) is 11.6 Å². The van der Waals surface area contributed by atoms with Gasteiger partial charge >= 0.3 is 11.9 Å². The van der Waals surface area contributed by atoms with Gasteiger partial charge in [-0.1, -0.05) is 5.16 Å². The number of rotatable bonds is 6. The van der Waals surface area contributed by atoms with Gasteiger partial charge in [0.1, 0.15) is 23.0 Å². The van der Waals surface area contributed by atoms with Crippen LogP contribution in [0.4, 0.5) is 0 Å². The maximum absolute atomic E-state index is 12.6. The fourth-order valence-electron chi connectivity index (χ4n) is 3.51. The normalized spacial score (nSPS) is 19.0. The van der Waals surface area contributed by atoms with Crippen LogP contribution in [-0.2, 0) is 14.3 Å². The Hall–Kier alpha value is -2.97. The summed E-state index contributed by atoms with van der Waals surface area (Å²) >= 11 is 0. The monoisotopic (exact) mass is 431 g/mol. The molecule has 9 nitrogen and oxygen atoms in total. The van der Waals surface area contributed by atoms with Gasteiger partial charge in [-0.15, -0.1) is 0 Å². The Balaban J connectivity index is 1.70. The number of carbonyl (C=O) groups is 2. The molecule has 2 unspecified atom stereocenters. The van der Waals surface area contributed by atoms with Crippen molar-refractivity contribution >= 4 is 11.9 Å². The molecule has 2 heterocycles. The Labute approximate surface area is 181 Å². The van der Waals surface area contributed by atoms with E-state index in [1.165, 1.54) is 12.4 Å². The lowest BCUT2D eigenvalue weighted by atomic mass is 9.87. The maximum Gasteiger partial charge on any atom is 0.344 e. The number of ether oxygens (including phenoxy) is 3. The molecule has 1 saturated carbocycles. The standard InChI is InChI=1S/C22H29N3O6/c1-6-28-20(26)14-8-7-9-15(10-14)29-17-12-23-16(11-24-17)19-18(13(2)25-31-19)21(27)30-22(3,4)5/h11-12,14-15H,6-10H2,1-5H3. The molecule has 0 amide bonds. The quantitative estimate of drug-likeness (QED) is 0.628. The van der Waals surface area contributed by atoms with Crippen LogP contribution < -0.4 is 4.74 Å². The molecule has 0 radical (unpaired) electrons. The molecule has 2 aromatic heterocycles. The Bertz CT molecular complexity index is 916. The van der Waals surface area contributed by atoms with Crippen LogP contribution in [0, 0.1) is 12.8 Å². The molecule has 168 valence electrons. The molecule has 1 aliphatic carbocycles. The Morgan fingerprint density at radius 2 is 1.97 bits per heavy atom. The molecule has 0 N–H and O–H groups in total. The van der Waals surface area contributed by atoms with Crippen molar-refractivity contribution in [1.29, 1.82) is 0 Å². The van der Waals surface area contributed by atoms with Gasteiger partial charge in [-0.3, -0.25) is 4.79 Å². The first kappa shape index (κ1) is 22.7. The fourth-order valence-corrected chi connectivity index (χ4v) is 3.51. The summed E-state index contributed by atoms with van der Waals surface area (Å²) in [7, 11) is 0. The first-order valence-electron chi connectivity index (χ1n) is 10.5. The van der Waals surface area contributed by atoms with E-state index in [1.807, 2.05) is 0 Å². The Kier molecular flexibility index (Phi) is 6.92. The van der Waals surface area contributed by atoms with Gasteiger partial charge in [-0.2, -0.15) is 0 Å². The molecule has 0 aromatic carbocycles. The summed E-state index contributed by atoms with van der Waals surface area (Å²) < 4.78 is 21.8. The molecule has 0 saturated heterocycles. The van der Waals surface area contributed by atoms with Crippen molar-refractivity contribution in [1.82, 2.24) is 15.1 Å². The number of aryl methyl sites for hydroxylation is 1. The first-order valence-corrected chi connectivity index (χ1v) is 10.5. The van der Waals surface area contributed by atoms with Gasteiger partial charge in [-0.05, 0) is 60.3 Å². The van der Waals surface area contributed by atoms with Gasteiger partial charge in [0.25, 0.3) is 0 Å². The van der Waals surface area contributed by atoms with Crippen LogP contribution in [-0.4, -0.2) is 45.4 Å². The molecule has 0 bridgehead atoms. The lowest BCUT2D eigenvalue weighted by Crippen LogP contribution is -2.31. The second kappa shape index (κ2) is 9.45. The highest BCUT2D eigenvalue weighted by atomic mass is 16.6. The van der Waals surface area contributed by atoms with Crippen molar-refractivity contribution in [2.45, 2.75) is 72.0 Å². The highest BCUT2D eigenvalue weighted by Gasteiger charge is 2.30. The number of carbonyl (C=O) groups excluding carboxylic acids is 2. The van der Waals surface area contributed by atoms with E-state index in [4.69, 9.17) is 18.7 Å². The molecule has 2 aromatic rings. The number of hydrogen-bond acceptors (Lipinski definition) is 9. The third-order valence-electron chi connectivity index (χ3n) is 4.86. The lowest BCUT2D eigenvalue weighted by molar-refractivity contribution is -0.150. The summed E-state index contributed by atoms with van der Waals surface area (Å²) in [4.78, 5) is 33.2. The SMILES string of the molecule is CCOC(=O)C1CCCC(Oc2cnc(-c3onc(C)c3C(=O)OC(C)(C)C)cn2)C1. The van der Waals surface area contributed by atoms with E-state index in [0.717, 1.165) is 19.3 Å². The summed E-state index contributed by atoms with van der Waals surface area (Å²) in [5, 5.41) is 3.88. The lowest BCUT2D eigenvalue weighted by Gasteiger charge is -2.27. The van der Waals surface area contributed by atoms with Gasteiger partial charge in [0.05, 0.1) is 30.6 Å². The largest absolute Gasteiger partial charge is 0.473 e. The molecule has 9 heteroatoms. The van der Waals surface area contributed by atoms with Crippen LogP contribution in [0.5, 0.6) is 5.88 Å². The summed E-state index contributed by atoms with van der Waals surface area (Å²) in [6.45, 7) is 9.21. The second-order valence-corrected chi connectivity index (χ2v) is 8.57. The van der Waals surface area contributed by atoms with Crippen molar-refractivity contribution in [3.05, 3.63) is 23.7 Å². The minimum atomic E-state index is -0.650. The molecule has 3 rings (SSSR count). The average Bonchev–Trinajstić information content (AvgIpc) is 3.09. The van der Waals surface area contributed by atoms with E-state index in [-0.39, 0.29) is 29.3 Å². The molecule has 0 aliphatic heterocycles. The highest BCUT2D eigenvalue weighted by molar-refractivity contribution is 5.96. The summed E-state index contributed by atoms with van der Waals surface area (Å²) in [5.41, 5.74) is 0.339. The fraction of sp³-hybridized carbons (Fsp3) is 0.591. The summed E-state index contributed by atoms with van der Waals surface area (Å²) in [6, 6.07) is 0. The maximum atomic E-state index is 12.6. The Morgan fingerprint density at radius 3 is 2.61 bits per heavy atom. The number of aromatic nitrogens is 3. The van der Waals surface area contributed by atoms with Crippen LogP contribution in [0.25, 0.3) is 11.5 Å². The van der Waals surface area contributed by atoms with Crippen LogP contribution in [0.2, 0.25) is 0 Å². The topological polar surface area (TPSA) is 114 Å². The predicted molar refractivity (Wildman–Crippen MR) is 110 cm³/mol. The molecule has 0 spiro atoms. The van der Waals surface area contributed by atoms with Gasteiger partial charge < -0.3 is 18.7 Å². The van der Waals surface area contributed by atoms with Gasteiger partial charge in [0, 0.05) is 0 Å². The molecule has 1 aliphatic rings. The second-order valence-electron chi connectivity index (χ2n) is 8.57. The van der Waals surface area contributed by atoms with Gasteiger partial charge in [0.15, 0.2) is 0 Å². The van der Waals surface area contributed by atoms with Crippen LogP contribution >= 0.6 is 0 Å². The van der Waals surface area contributed by atoms with Crippen LogP contribution in [0.3, 0.4) is 0 Å².